The van der Waals surface area contributed by atoms with Crippen molar-refractivity contribution in [3.63, 3.8) is 0 Å². The second kappa shape index (κ2) is 7.84. The average molecular weight is 297 g/mol. The van der Waals surface area contributed by atoms with Crippen LogP contribution in [-0.2, 0) is 6.54 Å². The van der Waals surface area contributed by atoms with E-state index in [4.69, 9.17) is 16.3 Å². The molecule has 1 aromatic heterocycles. The maximum atomic E-state index is 6.07. The first kappa shape index (κ1) is 15.6. The number of ether oxygens (including phenoxy) is 1. The molecule has 0 saturated heterocycles. The van der Waals surface area contributed by atoms with Crippen LogP contribution >= 0.6 is 11.6 Å². The lowest BCUT2D eigenvalue weighted by molar-refractivity contribution is 0.250. The number of nitrogens with zero attached hydrogens (tertiary/aromatic N) is 1. The molecule has 2 atom stereocenters. The summed E-state index contributed by atoms with van der Waals surface area (Å²) in [5.74, 6) is 3.07. The number of alkyl halides is 1. The summed E-state index contributed by atoms with van der Waals surface area (Å²) in [6.07, 6.45) is 5.27. The lowest BCUT2D eigenvalue weighted by Gasteiger charge is -2.30. The van der Waals surface area contributed by atoms with E-state index in [1.165, 1.54) is 25.7 Å². The number of hydrogen-bond donors (Lipinski definition) is 1. The molecule has 20 heavy (non-hydrogen) atoms. The van der Waals surface area contributed by atoms with E-state index in [0.29, 0.717) is 11.8 Å². The molecule has 112 valence electrons. The minimum atomic E-state index is 0.679. The van der Waals surface area contributed by atoms with E-state index in [1.54, 1.807) is 7.11 Å². The molecular weight excluding hydrogens is 272 g/mol. The predicted octanol–water partition coefficient (Wildman–Crippen LogP) is 3.53. The molecule has 1 heterocycles. The number of methoxy groups -OCH3 is 1. The summed E-state index contributed by atoms with van der Waals surface area (Å²) in [4.78, 5) is 4.54. The first-order chi connectivity index (χ1) is 9.72. The summed E-state index contributed by atoms with van der Waals surface area (Å²) in [5, 5.41) is 3.54. The normalized spacial score (nSPS) is 22.8. The zero-order chi connectivity index (χ0) is 14.4. The molecule has 4 heteroatoms. The maximum absolute atomic E-state index is 6.07. The Kier molecular flexibility index (Phi) is 6.11. The molecular formula is C16H25ClN2O. The van der Waals surface area contributed by atoms with Crippen LogP contribution in [0.4, 0.5) is 0 Å². The van der Waals surface area contributed by atoms with E-state index in [1.807, 2.05) is 19.1 Å². The molecule has 0 aliphatic heterocycles. The number of aromatic nitrogens is 1. The fraction of sp³-hybridized carbons (Fsp3) is 0.688. The Morgan fingerprint density at radius 1 is 1.30 bits per heavy atom. The zero-order valence-corrected chi connectivity index (χ0v) is 13.2. The Balaban J connectivity index is 1.84. The largest absolute Gasteiger partial charge is 0.497 e. The van der Waals surface area contributed by atoms with E-state index < -0.39 is 0 Å². The predicted molar refractivity (Wildman–Crippen MR) is 83.4 cm³/mol. The Morgan fingerprint density at radius 2 is 2.05 bits per heavy atom. The highest BCUT2D eigenvalue weighted by Crippen LogP contribution is 2.30. The van der Waals surface area contributed by atoms with Crippen molar-refractivity contribution in [1.82, 2.24) is 10.3 Å². The van der Waals surface area contributed by atoms with Gasteiger partial charge in [-0.1, -0.05) is 12.8 Å². The van der Waals surface area contributed by atoms with Crippen LogP contribution in [0.2, 0.25) is 0 Å². The lowest BCUT2D eigenvalue weighted by atomic mass is 9.80. The summed E-state index contributed by atoms with van der Waals surface area (Å²) in [5.41, 5.74) is 2.04. The number of hydrogen-bond acceptors (Lipinski definition) is 3. The Hall–Kier alpha value is -0.800. The van der Waals surface area contributed by atoms with E-state index in [2.05, 4.69) is 10.3 Å². The van der Waals surface area contributed by atoms with Gasteiger partial charge in [0.25, 0.3) is 0 Å². The minimum Gasteiger partial charge on any atom is -0.497 e. The maximum Gasteiger partial charge on any atom is 0.122 e. The highest BCUT2D eigenvalue weighted by molar-refractivity contribution is 6.18. The Morgan fingerprint density at radius 3 is 2.75 bits per heavy atom. The van der Waals surface area contributed by atoms with E-state index in [9.17, 15) is 0 Å². The van der Waals surface area contributed by atoms with E-state index in [0.717, 1.165) is 36.1 Å². The molecule has 1 fully saturated rings. The summed E-state index contributed by atoms with van der Waals surface area (Å²) in [7, 11) is 1.69. The van der Waals surface area contributed by atoms with Gasteiger partial charge in [-0.05, 0) is 38.1 Å². The van der Waals surface area contributed by atoms with Gasteiger partial charge in [-0.2, -0.15) is 0 Å². The minimum absolute atomic E-state index is 0.679. The number of aryl methyl sites for hydroxylation is 1. The van der Waals surface area contributed by atoms with Gasteiger partial charge in [-0.3, -0.25) is 4.98 Å². The molecule has 3 nitrogen and oxygen atoms in total. The molecule has 2 unspecified atom stereocenters. The monoisotopic (exact) mass is 296 g/mol. The van der Waals surface area contributed by atoms with Crippen LogP contribution in [0.1, 0.15) is 37.1 Å². The van der Waals surface area contributed by atoms with Gasteiger partial charge in [0.05, 0.1) is 12.8 Å². The van der Waals surface area contributed by atoms with Gasteiger partial charge in [-0.25, -0.2) is 0 Å². The molecule has 0 aromatic carbocycles. The van der Waals surface area contributed by atoms with Gasteiger partial charge < -0.3 is 10.1 Å². The molecule has 2 rings (SSSR count). The van der Waals surface area contributed by atoms with Crippen LogP contribution in [0, 0.1) is 18.8 Å². The first-order valence-corrected chi connectivity index (χ1v) is 8.04. The van der Waals surface area contributed by atoms with Crippen molar-refractivity contribution < 1.29 is 4.74 Å². The summed E-state index contributed by atoms with van der Waals surface area (Å²) in [6, 6.07) is 3.95. The fourth-order valence-electron chi connectivity index (χ4n) is 3.05. The molecule has 0 amide bonds. The molecule has 1 aromatic rings. The van der Waals surface area contributed by atoms with E-state index in [-0.39, 0.29) is 0 Å². The second-order valence-corrected chi connectivity index (χ2v) is 6.04. The standard InChI is InChI=1S/C16H25ClN2O/c1-12-7-16(20-2)8-15(19-12)11-18-10-14-6-4-3-5-13(14)9-17/h7-8,13-14,18H,3-6,9-11H2,1-2H3. The van der Waals surface area contributed by atoms with Gasteiger partial charge in [0.2, 0.25) is 0 Å². The number of rotatable bonds is 6. The molecule has 1 aliphatic rings. The van der Waals surface area contributed by atoms with Crippen molar-refractivity contribution in [2.24, 2.45) is 11.8 Å². The number of pyridine rings is 1. The molecule has 1 N–H and O–H groups in total. The van der Waals surface area contributed by atoms with Crippen LogP contribution in [0.25, 0.3) is 0 Å². The third-order valence-electron chi connectivity index (χ3n) is 4.19. The molecule has 1 aliphatic carbocycles. The third-order valence-corrected chi connectivity index (χ3v) is 4.59. The number of halogens is 1. The highest BCUT2D eigenvalue weighted by atomic mass is 35.5. The molecule has 1 saturated carbocycles. The third kappa shape index (κ3) is 4.35. The van der Waals surface area contributed by atoms with Crippen molar-refractivity contribution in [2.75, 3.05) is 19.5 Å². The van der Waals surface area contributed by atoms with Crippen molar-refractivity contribution in [2.45, 2.75) is 39.2 Å². The van der Waals surface area contributed by atoms with Gasteiger partial charge >= 0.3 is 0 Å². The van der Waals surface area contributed by atoms with Gasteiger partial charge in [0, 0.05) is 30.3 Å². The summed E-state index contributed by atoms with van der Waals surface area (Å²) in [6.45, 7) is 3.83. The van der Waals surface area contributed by atoms with Crippen LogP contribution < -0.4 is 10.1 Å². The number of nitrogens with one attached hydrogen (secondary N) is 1. The van der Waals surface area contributed by atoms with Gasteiger partial charge in [-0.15, -0.1) is 11.6 Å². The molecule has 0 spiro atoms. The van der Waals surface area contributed by atoms with Crippen molar-refractivity contribution in [3.05, 3.63) is 23.5 Å². The summed E-state index contributed by atoms with van der Waals surface area (Å²) < 4.78 is 5.28. The smallest absolute Gasteiger partial charge is 0.122 e. The average Bonchev–Trinajstić information content (AvgIpc) is 2.47. The topological polar surface area (TPSA) is 34.1 Å². The molecule has 0 radical (unpaired) electrons. The van der Waals surface area contributed by atoms with Crippen molar-refractivity contribution >= 4 is 11.6 Å². The van der Waals surface area contributed by atoms with Crippen LogP contribution in [0.15, 0.2) is 12.1 Å². The van der Waals surface area contributed by atoms with Gasteiger partial charge in [0.1, 0.15) is 5.75 Å². The van der Waals surface area contributed by atoms with Gasteiger partial charge in [0.15, 0.2) is 0 Å². The van der Waals surface area contributed by atoms with Crippen LogP contribution in [0.3, 0.4) is 0 Å². The van der Waals surface area contributed by atoms with Crippen molar-refractivity contribution in [1.29, 1.82) is 0 Å². The Bertz CT molecular complexity index is 425. The SMILES string of the molecule is COc1cc(C)nc(CNCC2CCCCC2CCl)c1. The highest BCUT2D eigenvalue weighted by Gasteiger charge is 2.23. The Labute approximate surface area is 127 Å². The van der Waals surface area contributed by atoms with E-state index >= 15 is 0 Å². The quantitative estimate of drug-likeness (QED) is 0.816. The second-order valence-electron chi connectivity index (χ2n) is 5.73. The van der Waals surface area contributed by atoms with Crippen LogP contribution in [-0.4, -0.2) is 24.5 Å². The zero-order valence-electron chi connectivity index (χ0n) is 12.5. The first-order valence-electron chi connectivity index (χ1n) is 7.51. The molecule has 0 bridgehead atoms. The summed E-state index contributed by atoms with van der Waals surface area (Å²) >= 11 is 6.07. The van der Waals surface area contributed by atoms with Crippen molar-refractivity contribution in [3.8, 4) is 5.75 Å². The van der Waals surface area contributed by atoms with Crippen LogP contribution in [0.5, 0.6) is 5.75 Å². The lowest BCUT2D eigenvalue weighted by Crippen LogP contribution is -2.31. The fourth-order valence-corrected chi connectivity index (χ4v) is 3.46.